The first kappa shape index (κ1) is 33.5. The smallest absolute Gasteiger partial charge is 0.410 e. The van der Waals surface area contributed by atoms with E-state index >= 15 is 0 Å². The van der Waals surface area contributed by atoms with Crippen molar-refractivity contribution in [3.05, 3.63) is 36.0 Å². The molecule has 40 heavy (non-hydrogen) atoms. The van der Waals surface area contributed by atoms with Crippen LogP contribution in [0.4, 0.5) is 4.79 Å². The molecule has 0 aliphatic carbocycles. The van der Waals surface area contributed by atoms with Crippen LogP contribution in [-0.4, -0.2) is 90.0 Å². The Balaban J connectivity index is 2.09. The van der Waals surface area contributed by atoms with Gasteiger partial charge in [0.15, 0.2) is 0 Å². The van der Waals surface area contributed by atoms with Crippen LogP contribution in [0.15, 0.2) is 36.0 Å². The molecule has 2 heterocycles. The fourth-order valence-electron chi connectivity index (χ4n) is 4.90. The zero-order valence-electron chi connectivity index (χ0n) is 24.7. The van der Waals surface area contributed by atoms with Crippen LogP contribution in [0.2, 0.25) is 0 Å². The van der Waals surface area contributed by atoms with Gasteiger partial charge in [0.05, 0.1) is 31.8 Å². The van der Waals surface area contributed by atoms with Crippen LogP contribution in [0.5, 0.6) is 0 Å². The number of methoxy groups -OCH3 is 1. The maximum Gasteiger partial charge on any atom is 0.410 e. The number of carbonyl (C=O) groups is 3. The normalized spacial score (nSPS) is 32.1. The molecule has 2 aliphatic rings. The van der Waals surface area contributed by atoms with Crippen molar-refractivity contribution in [2.24, 2.45) is 11.8 Å². The zero-order valence-corrected chi connectivity index (χ0v) is 24.7. The van der Waals surface area contributed by atoms with E-state index in [9.17, 15) is 24.6 Å². The van der Waals surface area contributed by atoms with Crippen LogP contribution in [0, 0.1) is 11.8 Å². The lowest BCUT2D eigenvalue weighted by molar-refractivity contribution is -0.157. The van der Waals surface area contributed by atoms with Gasteiger partial charge in [-0.2, -0.15) is 0 Å². The Bertz CT molecular complexity index is 941. The van der Waals surface area contributed by atoms with Gasteiger partial charge >= 0.3 is 18.0 Å². The van der Waals surface area contributed by atoms with Crippen LogP contribution in [0.25, 0.3) is 0 Å². The highest BCUT2D eigenvalue weighted by Gasteiger charge is 2.35. The minimum Gasteiger partial charge on any atom is -0.457 e. The van der Waals surface area contributed by atoms with E-state index in [0.717, 1.165) is 18.4 Å². The predicted molar refractivity (Wildman–Crippen MR) is 149 cm³/mol. The number of ether oxygens (including phenoxy) is 4. The van der Waals surface area contributed by atoms with Gasteiger partial charge in [0, 0.05) is 32.4 Å². The summed E-state index contributed by atoms with van der Waals surface area (Å²) in [5.74, 6) is -1.44. The molecular formula is C30H47NO9. The number of allylic oxidation sites excluding steroid dienone is 2. The number of rotatable bonds is 8. The van der Waals surface area contributed by atoms with Crippen LogP contribution < -0.4 is 0 Å². The monoisotopic (exact) mass is 565 g/mol. The summed E-state index contributed by atoms with van der Waals surface area (Å²) >= 11 is 0. The number of likely N-dealkylation sites (tertiary alicyclic amines) is 1. The summed E-state index contributed by atoms with van der Waals surface area (Å²) in [6.45, 7) is 9.84. The van der Waals surface area contributed by atoms with E-state index in [4.69, 9.17) is 18.9 Å². The second kappa shape index (κ2) is 15.9. The first-order chi connectivity index (χ1) is 18.8. The number of esters is 2. The van der Waals surface area contributed by atoms with Crippen molar-refractivity contribution >= 4 is 18.0 Å². The van der Waals surface area contributed by atoms with Crippen molar-refractivity contribution in [3.63, 3.8) is 0 Å². The Morgan fingerprint density at radius 1 is 1.27 bits per heavy atom. The molecule has 1 amide bonds. The van der Waals surface area contributed by atoms with Crippen LogP contribution in [-0.2, 0) is 28.5 Å². The quantitative estimate of drug-likeness (QED) is 0.196. The third kappa shape index (κ3) is 10.7. The average molecular weight is 566 g/mol. The third-order valence-corrected chi connectivity index (χ3v) is 7.31. The Kier molecular flexibility index (Phi) is 13.3. The van der Waals surface area contributed by atoms with Gasteiger partial charge in [-0.15, -0.1) is 0 Å². The minimum absolute atomic E-state index is 0.0467. The molecule has 1 fully saturated rings. The highest BCUT2D eigenvalue weighted by atomic mass is 16.6. The molecule has 2 aliphatic heterocycles. The van der Waals surface area contributed by atoms with Crippen molar-refractivity contribution in [1.82, 2.24) is 4.90 Å². The van der Waals surface area contributed by atoms with Gasteiger partial charge in [-0.3, -0.25) is 9.59 Å². The van der Waals surface area contributed by atoms with Gasteiger partial charge in [0.2, 0.25) is 0 Å². The number of hydrogen-bond acceptors (Lipinski definition) is 9. The van der Waals surface area contributed by atoms with Crippen molar-refractivity contribution in [2.75, 3.05) is 26.9 Å². The first-order valence-corrected chi connectivity index (χ1v) is 14.1. The number of hydrogen-bond donors (Lipinski definition) is 2. The molecule has 0 aromatic rings. The summed E-state index contributed by atoms with van der Waals surface area (Å²) in [5, 5.41) is 21.3. The molecule has 226 valence electrons. The summed E-state index contributed by atoms with van der Waals surface area (Å²) in [4.78, 5) is 38.5. The van der Waals surface area contributed by atoms with Crippen LogP contribution in [0.3, 0.4) is 0 Å². The molecule has 10 nitrogen and oxygen atoms in total. The van der Waals surface area contributed by atoms with Crippen molar-refractivity contribution in [2.45, 2.75) is 96.7 Å². The van der Waals surface area contributed by atoms with E-state index in [-0.39, 0.29) is 49.8 Å². The number of cyclic esters (lactones) is 1. The predicted octanol–water partition coefficient (Wildman–Crippen LogP) is 3.70. The lowest BCUT2D eigenvalue weighted by Gasteiger charge is -2.32. The molecule has 0 spiro atoms. The highest BCUT2D eigenvalue weighted by molar-refractivity contribution is 5.70. The van der Waals surface area contributed by atoms with Crippen molar-refractivity contribution in [1.29, 1.82) is 0 Å². The Morgan fingerprint density at radius 2 is 2.00 bits per heavy atom. The van der Waals surface area contributed by atoms with Gasteiger partial charge in [0.25, 0.3) is 0 Å². The molecule has 0 radical (unpaired) electrons. The average Bonchev–Trinajstić information content (AvgIpc) is 3.34. The van der Waals surface area contributed by atoms with Crippen LogP contribution >= 0.6 is 0 Å². The van der Waals surface area contributed by atoms with E-state index in [1.54, 1.807) is 31.1 Å². The first-order valence-electron chi connectivity index (χ1n) is 14.1. The Labute approximate surface area is 238 Å². The molecular weight excluding hydrogens is 518 g/mol. The second-order valence-corrected chi connectivity index (χ2v) is 11.2. The summed E-state index contributed by atoms with van der Waals surface area (Å²) < 4.78 is 21.8. The van der Waals surface area contributed by atoms with Gasteiger partial charge in [-0.05, 0) is 51.2 Å². The third-order valence-electron chi connectivity index (χ3n) is 7.31. The summed E-state index contributed by atoms with van der Waals surface area (Å²) in [6.07, 6.45) is 7.92. The van der Waals surface area contributed by atoms with E-state index in [1.165, 1.54) is 6.92 Å². The number of nitrogens with zero attached hydrogens (tertiary/aromatic N) is 1. The number of amides is 1. The molecule has 7 atom stereocenters. The summed E-state index contributed by atoms with van der Waals surface area (Å²) in [6, 6.07) is 0.0511. The van der Waals surface area contributed by atoms with Crippen molar-refractivity contribution in [3.8, 4) is 0 Å². The van der Waals surface area contributed by atoms with E-state index in [1.807, 2.05) is 39.0 Å². The van der Waals surface area contributed by atoms with Crippen molar-refractivity contribution < 1.29 is 43.5 Å². The van der Waals surface area contributed by atoms with E-state index < -0.39 is 35.9 Å². The summed E-state index contributed by atoms with van der Waals surface area (Å²) in [5.41, 5.74) is -0.665. The maximum atomic E-state index is 12.6. The molecule has 0 unspecified atom stereocenters. The lowest BCUT2D eigenvalue weighted by atomic mass is 9.88. The second-order valence-electron chi connectivity index (χ2n) is 11.2. The maximum absolute atomic E-state index is 12.6. The number of aliphatic hydroxyl groups is 2. The Morgan fingerprint density at radius 3 is 2.67 bits per heavy atom. The number of aliphatic hydroxyl groups excluding tert-OH is 1. The standard InChI is InChI=1S/C30H47NO9/c1-20(18-38-29(35)31-16-8-11-24(31)19-37-6)9-7-10-21(2)28-22(3)12-13-26(39-23(4)32)30(5,36)15-14-25(33)17-27(34)40-28/h7,9-10,12-13,20,22,24-26,28,33,36H,8,11,14-19H2,1-6H3/b9-7+,13-12-,21-10+/t20-,22+,24-,25-,26+,28-,30-/m1/s1. The molecule has 10 heteroatoms. The molecule has 0 aromatic heterocycles. The largest absolute Gasteiger partial charge is 0.457 e. The van der Waals surface area contributed by atoms with Gasteiger partial charge < -0.3 is 34.1 Å². The lowest BCUT2D eigenvalue weighted by Crippen LogP contribution is -2.42. The molecule has 0 aromatic carbocycles. The highest BCUT2D eigenvalue weighted by Crippen LogP contribution is 2.27. The van der Waals surface area contributed by atoms with Gasteiger partial charge in [-0.25, -0.2) is 4.79 Å². The molecule has 2 N–H and O–H groups in total. The van der Waals surface area contributed by atoms with Gasteiger partial charge in [0.1, 0.15) is 17.8 Å². The topological polar surface area (TPSA) is 132 Å². The minimum atomic E-state index is -1.42. The number of carbonyl (C=O) groups excluding carboxylic acids is 3. The fraction of sp³-hybridized carbons (Fsp3) is 0.700. The van der Waals surface area contributed by atoms with E-state index in [0.29, 0.717) is 13.2 Å². The van der Waals surface area contributed by atoms with E-state index in [2.05, 4.69) is 0 Å². The molecule has 1 saturated heterocycles. The van der Waals surface area contributed by atoms with Crippen LogP contribution in [0.1, 0.15) is 66.7 Å². The Hall–Kier alpha value is -2.69. The summed E-state index contributed by atoms with van der Waals surface area (Å²) in [7, 11) is 1.62. The zero-order chi connectivity index (χ0) is 29.9. The molecule has 0 bridgehead atoms. The molecule has 0 saturated carbocycles. The molecule has 2 rings (SSSR count). The SMILES string of the molecule is COC[C@H]1CCCN1C(=O)OC[C@H](C)/C=C/C=C(\C)[C@H]1OC(=O)C[C@H](O)CC[C@@](C)(O)[C@@H](OC(C)=O)/C=C\[C@@H]1C. The fourth-order valence-corrected chi connectivity index (χ4v) is 4.90. The van der Waals surface area contributed by atoms with Gasteiger partial charge in [-0.1, -0.05) is 38.2 Å².